The molecule has 0 unspecified atom stereocenters. The molecule has 0 bridgehead atoms. The van der Waals surface area contributed by atoms with E-state index in [4.69, 9.17) is 28.4 Å². The van der Waals surface area contributed by atoms with Gasteiger partial charge in [-0.1, -0.05) is 12.6 Å². The number of halogens is 2. The summed E-state index contributed by atoms with van der Waals surface area (Å²) in [5, 5.41) is 6.83. The number of anilines is 3. The van der Waals surface area contributed by atoms with Gasteiger partial charge in [0.1, 0.15) is 31.2 Å². The normalized spacial score (nSPS) is 11.0. The second kappa shape index (κ2) is 20.0. The van der Waals surface area contributed by atoms with E-state index in [-0.39, 0.29) is 19.1 Å². The molecule has 0 radical (unpaired) electrons. The summed E-state index contributed by atoms with van der Waals surface area (Å²) in [7, 11) is 0. The third kappa shape index (κ3) is 12.5. The van der Waals surface area contributed by atoms with E-state index in [0.717, 1.165) is 9.26 Å². The van der Waals surface area contributed by atoms with E-state index in [1.54, 1.807) is 12.1 Å². The van der Waals surface area contributed by atoms with Gasteiger partial charge in [0.15, 0.2) is 0 Å². The Kier molecular flexibility index (Phi) is 16.0. The van der Waals surface area contributed by atoms with Gasteiger partial charge in [0.05, 0.1) is 77.3 Å². The minimum atomic E-state index is -0.490. The SMILES string of the molecule is C=CC(=O)Nc1cc2c(Nc3cccc(I)c3)ncnc2cc1OCCOCCOCCOCCOCCOCC[18F]. The largest absolute Gasteiger partial charge is 0.489 e. The number of carbonyl (C=O) groups is 1. The number of fused-ring (bicyclic) bond motifs is 1. The molecule has 1 amide bonds. The van der Waals surface area contributed by atoms with Gasteiger partial charge < -0.3 is 39.1 Å². The van der Waals surface area contributed by atoms with Gasteiger partial charge in [-0.05, 0) is 52.9 Å². The van der Waals surface area contributed by atoms with Crippen LogP contribution in [0.4, 0.5) is 21.6 Å². The summed E-state index contributed by atoms with van der Waals surface area (Å²) in [4.78, 5) is 20.9. The molecule has 0 fully saturated rings. The Morgan fingerprint density at radius 3 is 2.07 bits per heavy atom. The highest BCUT2D eigenvalue weighted by Crippen LogP contribution is 2.33. The minimum Gasteiger partial charge on any atom is -0.489 e. The molecule has 0 aliphatic carbocycles. The molecule has 2 N–H and O–H groups in total. The first-order valence-corrected chi connectivity index (χ1v) is 14.5. The van der Waals surface area contributed by atoms with Crippen LogP contribution in [0.25, 0.3) is 10.9 Å². The average Bonchev–Trinajstić information content (AvgIpc) is 2.99. The smallest absolute Gasteiger partial charge is 0.247 e. The Bertz CT molecular complexity index is 1250. The van der Waals surface area contributed by atoms with Crippen molar-refractivity contribution in [3.63, 3.8) is 0 Å². The van der Waals surface area contributed by atoms with Crippen molar-refractivity contribution in [3.05, 3.63) is 59.0 Å². The lowest BCUT2D eigenvalue weighted by Gasteiger charge is -2.15. The third-order valence-corrected chi connectivity index (χ3v) is 6.13. The van der Waals surface area contributed by atoms with E-state index in [1.807, 2.05) is 24.3 Å². The number of aromatic nitrogens is 2. The van der Waals surface area contributed by atoms with E-state index < -0.39 is 6.67 Å². The fourth-order valence-electron chi connectivity index (χ4n) is 3.53. The average molecular weight is 698 g/mol. The summed E-state index contributed by atoms with van der Waals surface area (Å²) in [5.41, 5.74) is 1.99. The highest BCUT2D eigenvalue weighted by molar-refractivity contribution is 14.1. The van der Waals surface area contributed by atoms with Crippen molar-refractivity contribution in [3.8, 4) is 5.75 Å². The van der Waals surface area contributed by atoms with Crippen molar-refractivity contribution < 1.29 is 37.6 Å². The van der Waals surface area contributed by atoms with Gasteiger partial charge in [0.25, 0.3) is 0 Å². The van der Waals surface area contributed by atoms with Crippen LogP contribution < -0.4 is 15.4 Å². The lowest BCUT2D eigenvalue weighted by atomic mass is 10.1. The van der Waals surface area contributed by atoms with Gasteiger partial charge in [-0.2, -0.15) is 0 Å². The quantitative estimate of drug-likeness (QED) is 0.0880. The van der Waals surface area contributed by atoms with Crippen molar-refractivity contribution in [1.29, 1.82) is 0 Å². The predicted octanol–water partition coefficient (Wildman–Crippen LogP) is 4.53. The van der Waals surface area contributed by atoms with Crippen LogP contribution in [-0.4, -0.2) is 95.2 Å². The van der Waals surface area contributed by atoms with Crippen LogP contribution in [0.5, 0.6) is 5.75 Å². The molecule has 0 spiro atoms. The van der Waals surface area contributed by atoms with Crippen molar-refractivity contribution in [1.82, 2.24) is 9.97 Å². The van der Waals surface area contributed by atoms with E-state index >= 15 is 0 Å². The third-order valence-electron chi connectivity index (χ3n) is 5.46. The molecule has 11 nitrogen and oxygen atoms in total. The first kappa shape index (κ1) is 33.6. The van der Waals surface area contributed by atoms with E-state index in [2.05, 4.69) is 49.8 Å². The van der Waals surface area contributed by atoms with Gasteiger partial charge >= 0.3 is 0 Å². The Balaban J connectivity index is 1.39. The first-order valence-electron chi connectivity index (χ1n) is 13.4. The van der Waals surface area contributed by atoms with Gasteiger partial charge in [0.2, 0.25) is 5.91 Å². The first-order chi connectivity index (χ1) is 20.6. The Labute approximate surface area is 258 Å². The minimum absolute atomic E-state index is 0.0964. The summed E-state index contributed by atoms with van der Waals surface area (Å²) in [6.07, 6.45) is 2.66. The molecule has 3 rings (SSSR count). The van der Waals surface area contributed by atoms with Crippen LogP contribution in [0.15, 0.2) is 55.4 Å². The zero-order valence-corrected chi connectivity index (χ0v) is 25.5. The zero-order chi connectivity index (χ0) is 29.8. The highest BCUT2D eigenvalue weighted by Gasteiger charge is 2.13. The topological polar surface area (TPSA) is 122 Å². The van der Waals surface area contributed by atoms with E-state index in [0.29, 0.717) is 87.6 Å². The molecule has 228 valence electrons. The molecule has 0 aliphatic heterocycles. The fourth-order valence-corrected chi connectivity index (χ4v) is 4.08. The maximum atomic E-state index is 12.1. The summed E-state index contributed by atoms with van der Waals surface area (Å²) in [5.74, 6) is 0.680. The molecule has 1 heterocycles. The van der Waals surface area contributed by atoms with Crippen molar-refractivity contribution in [2.24, 2.45) is 0 Å². The molecule has 2 aromatic carbocycles. The molecule has 13 heteroatoms. The van der Waals surface area contributed by atoms with Crippen LogP contribution in [-0.2, 0) is 28.5 Å². The number of rotatable bonds is 22. The van der Waals surface area contributed by atoms with Gasteiger partial charge in [-0.15, -0.1) is 0 Å². The lowest BCUT2D eigenvalue weighted by Crippen LogP contribution is -2.15. The standard InChI is InChI=1S/C29H36FIN4O7/c1-2-28(36)35-26-19-24-25(32-21-33-29(24)34-23-5-3-4-22(31)18-23)20-27(26)42-17-16-41-15-14-40-13-12-39-11-10-38-9-8-37-7-6-30/h2-5,18-21H,1,6-17H2,(H,35,36)(H,32,33,34)/i30-1. The molecule has 0 atom stereocenters. The molecule has 0 aliphatic rings. The molecule has 0 saturated carbocycles. The molecule has 42 heavy (non-hydrogen) atoms. The molecular formula is C29H36FIN4O7. The number of ether oxygens (including phenoxy) is 6. The number of amides is 1. The van der Waals surface area contributed by atoms with E-state index in [1.165, 1.54) is 12.4 Å². The Morgan fingerprint density at radius 1 is 0.857 bits per heavy atom. The summed E-state index contributed by atoms with van der Waals surface area (Å²) >= 11 is 2.25. The highest BCUT2D eigenvalue weighted by atomic mass is 127. The summed E-state index contributed by atoms with van der Waals surface area (Å²) < 4.78 is 45.7. The Hall–Kier alpha value is -2.95. The van der Waals surface area contributed by atoms with Crippen LogP contribution >= 0.6 is 22.6 Å². The maximum absolute atomic E-state index is 12.1. The monoisotopic (exact) mass is 697 g/mol. The molecular weight excluding hydrogens is 661 g/mol. The van der Waals surface area contributed by atoms with Crippen LogP contribution in [0, 0.1) is 3.57 Å². The summed E-state index contributed by atoms with van der Waals surface area (Å²) in [6.45, 7) is 7.06. The number of benzene rings is 2. The Morgan fingerprint density at radius 2 is 1.48 bits per heavy atom. The maximum Gasteiger partial charge on any atom is 0.247 e. The fraction of sp³-hybridized carbons (Fsp3) is 0.414. The predicted molar refractivity (Wildman–Crippen MR) is 166 cm³/mol. The second-order valence-corrected chi connectivity index (χ2v) is 9.76. The van der Waals surface area contributed by atoms with Crippen molar-refractivity contribution in [2.75, 3.05) is 90.0 Å². The molecule has 3 aromatic rings. The number of nitrogens with zero attached hydrogens (tertiary/aromatic N) is 2. The number of carbonyl (C=O) groups excluding carboxylic acids is 1. The number of hydrogen-bond acceptors (Lipinski definition) is 10. The summed E-state index contributed by atoms with van der Waals surface area (Å²) in [6, 6.07) is 11.4. The lowest BCUT2D eigenvalue weighted by molar-refractivity contribution is -0.111. The number of nitrogens with one attached hydrogen (secondary N) is 2. The van der Waals surface area contributed by atoms with Crippen molar-refractivity contribution >= 4 is 56.6 Å². The molecule has 1 aromatic heterocycles. The van der Waals surface area contributed by atoms with Crippen LogP contribution in [0.3, 0.4) is 0 Å². The van der Waals surface area contributed by atoms with Gasteiger partial charge in [-0.25, -0.2) is 14.4 Å². The number of alkyl halides is 1. The van der Waals surface area contributed by atoms with Gasteiger partial charge in [-0.3, -0.25) is 4.79 Å². The van der Waals surface area contributed by atoms with Crippen molar-refractivity contribution in [2.45, 2.75) is 0 Å². The van der Waals surface area contributed by atoms with E-state index in [9.17, 15) is 9.18 Å². The molecule has 0 saturated heterocycles. The van der Waals surface area contributed by atoms with Crippen LogP contribution in [0.2, 0.25) is 0 Å². The van der Waals surface area contributed by atoms with Crippen LogP contribution in [0.1, 0.15) is 0 Å². The van der Waals surface area contributed by atoms with Gasteiger partial charge in [0, 0.05) is 20.7 Å². The zero-order valence-electron chi connectivity index (χ0n) is 23.3. The number of hydrogen-bond donors (Lipinski definition) is 2. The second-order valence-electron chi connectivity index (χ2n) is 8.52.